The highest BCUT2D eigenvalue weighted by molar-refractivity contribution is 5.76. The summed E-state index contributed by atoms with van der Waals surface area (Å²) in [4.78, 5) is 11.6. The van der Waals surface area contributed by atoms with Gasteiger partial charge in [-0.1, -0.05) is 6.92 Å². The van der Waals surface area contributed by atoms with Crippen molar-refractivity contribution in [2.75, 3.05) is 13.1 Å². The molecule has 2 fully saturated rings. The van der Waals surface area contributed by atoms with Crippen molar-refractivity contribution in [3.8, 4) is 0 Å². The highest BCUT2D eigenvalue weighted by Gasteiger charge is 2.31. The van der Waals surface area contributed by atoms with Gasteiger partial charge in [0.25, 0.3) is 0 Å². The SMILES string of the molecule is CC1CCC(O)(CNC(=O)CCNC2CC2)CC1. The molecule has 0 unspecified atom stereocenters. The van der Waals surface area contributed by atoms with Crippen LogP contribution in [0.4, 0.5) is 0 Å². The maximum atomic E-state index is 11.6. The van der Waals surface area contributed by atoms with Crippen molar-refractivity contribution in [2.45, 2.75) is 63.5 Å². The largest absolute Gasteiger partial charge is 0.388 e. The maximum absolute atomic E-state index is 11.6. The molecule has 0 radical (unpaired) electrons. The van der Waals surface area contributed by atoms with E-state index < -0.39 is 5.60 Å². The Labute approximate surface area is 110 Å². The van der Waals surface area contributed by atoms with Gasteiger partial charge in [-0.05, 0) is 44.4 Å². The average Bonchev–Trinajstić information content (AvgIpc) is 3.15. The van der Waals surface area contributed by atoms with Crippen molar-refractivity contribution in [3.63, 3.8) is 0 Å². The minimum absolute atomic E-state index is 0.0511. The van der Waals surface area contributed by atoms with E-state index >= 15 is 0 Å². The minimum Gasteiger partial charge on any atom is -0.388 e. The van der Waals surface area contributed by atoms with Gasteiger partial charge < -0.3 is 15.7 Å². The van der Waals surface area contributed by atoms with Gasteiger partial charge in [0.1, 0.15) is 0 Å². The first-order valence-electron chi connectivity index (χ1n) is 7.30. The lowest BCUT2D eigenvalue weighted by molar-refractivity contribution is -0.122. The van der Waals surface area contributed by atoms with Crippen molar-refractivity contribution in [1.82, 2.24) is 10.6 Å². The predicted molar refractivity (Wildman–Crippen MR) is 71.2 cm³/mol. The van der Waals surface area contributed by atoms with Crippen LogP contribution in [0.1, 0.15) is 51.9 Å². The quantitative estimate of drug-likeness (QED) is 0.667. The van der Waals surface area contributed by atoms with Gasteiger partial charge in [0.05, 0.1) is 5.60 Å². The minimum atomic E-state index is -0.661. The first-order chi connectivity index (χ1) is 8.57. The molecule has 4 nitrogen and oxygen atoms in total. The van der Waals surface area contributed by atoms with E-state index in [1.165, 1.54) is 12.8 Å². The van der Waals surface area contributed by atoms with Crippen LogP contribution in [0.25, 0.3) is 0 Å². The third-order valence-corrected chi connectivity index (χ3v) is 4.18. The number of nitrogens with one attached hydrogen (secondary N) is 2. The fourth-order valence-electron chi connectivity index (χ4n) is 2.51. The summed E-state index contributed by atoms with van der Waals surface area (Å²) in [6, 6.07) is 0.654. The number of hydrogen-bond acceptors (Lipinski definition) is 3. The van der Waals surface area contributed by atoms with Crippen LogP contribution in [0.5, 0.6) is 0 Å². The molecule has 3 N–H and O–H groups in total. The van der Waals surface area contributed by atoms with Crippen LogP contribution in [0.15, 0.2) is 0 Å². The number of hydrogen-bond donors (Lipinski definition) is 3. The Hall–Kier alpha value is -0.610. The fourth-order valence-corrected chi connectivity index (χ4v) is 2.51. The van der Waals surface area contributed by atoms with E-state index in [2.05, 4.69) is 17.6 Å². The van der Waals surface area contributed by atoms with Crippen LogP contribution in [-0.2, 0) is 4.79 Å². The Morgan fingerprint density at radius 2 is 1.94 bits per heavy atom. The molecule has 2 aliphatic carbocycles. The van der Waals surface area contributed by atoms with Gasteiger partial charge in [0, 0.05) is 25.6 Å². The predicted octanol–water partition coefficient (Wildman–Crippen LogP) is 1.19. The first-order valence-corrected chi connectivity index (χ1v) is 7.30. The lowest BCUT2D eigenvalue weighted by Gasteiger charge is -2.34. The molecule has 104 valence electrons. The summed E-state index contributed by atoms with van der Waals surface area (Å²) in [5.41, 5.74) is -0.661. The van der Waals surface area contributed by atoms with Crippen molar-refractivity contribution in [3.05, 3.63) is 0 Å². The summed E-state index contributed by atoms with van der Waals surface area (Å²) in [6.45, 7) is 3.40. The fraction of sp³-hybridized carbons (Fsp3) is 0.929. The van der Waals surface area contributed by atoms with Gasteiger partial charge in [-0.2, -0.15) is 0 Å². The zero-order valence-electron chi connectivity index (χ0n) is 11.4. The van der Waals surface area contributed by atoms with E-state index in [0.29, 0.717) is 24.9 Å². The van der Waals surface area contributed by atoms with Gasteiger partial charge >= 0.3 is 0 Å². The topological polar surface area (TPSA) is 61.4 Å². The molecule has 0 aromatic rings. The monoisotopic (exact) mass is 254 g/mol. The number of amides is 1. The van der Waals surface area contributed by atoms with Crippen LogP contribution in [0.3, 0.4) is 0 Å². The summed E-state index contributed by atoms with van der Waals surface area (Å²) in [5, 5.41) is 16.5. The van der Waals surface area contributed by atoms with Gasteiger partial charge in [-0.15, -0.1) is 0 Å². The van der Waals surface area contributed by atoms with Crippen molar-refractivity contribution in [1.29, 1.82) is 0 Å². The van der Waals surface area contributed by atoms with Crippen LogP contribution in [0.2, 0.25) is 0 Å². The Bertz CT molecular complexity index is 282. The van der Waals surface area contributed by atoms with Gasteiger partial charge in [-0.25, -0.2) is 0 Å². The number of rotatable bonds is 6. The smallest absolute Gasteiger partial charge is 0.221 e. The maximum Gasteiger partial charge on any atom is 0.221 e. The van der Waals surface area contributed by atoms with Crippen molar-refractivity contribution < 1.29 is 9.90 Å². The van der Waals surface area contributed by atoms with Crippen LogP contribution >= 0.6 is 0 Å². The molecule has 4 heteroatoms. The molecule has 0 aromatic carbocycles. The Kier molecular flexibility index (Phi) is 4.62. The van der Waals surface area contributed by atoms with E-state index in [9.17, 15) is 9.90 Å². The molecule has 18 heavy (non-hydrogen) atoms. The third-order valence-electron chi connectivity index (χ3n) is 4.18. The molecule has 0 bridgehead atoms. The highest BCUT2D eigenvalue weighted by atomic mass is 16.3. The molecule has 0 aromatic heterocycles. The second-order valence-corrected chi connectivity index (χ2v) is 6.16. The van der Waals surface area contributed by atoms with Gasteiger partial charge in [-0.3, -0.25) is 4.79 Å². The van der Waals surface area contributed by atoms with Gasteiger partial charge in [0.15, 0.2) is 0 Å². The molecule has 0 aliphatic heterocycles. The zero-order chi connectivity index (χ0) is 13.0. The number of carbonyl (C=O) groups is 1. The summed E-state index contributed by atoms with van der Waals surface area (Å²) < 4.78 is 0. The third kappa shape index (κ3) is 4.58. The van der Waals surface area contributed by atoms with E-state index in [-0.39, 0.29) is 5.91 Å². The second-order valence-electron chi connectivity index (χ2n) is 6.16. The molecular weight excluding hydrogens is 228 g/mol. The molecule has 2 saturated carbocycles. The standard InChI is InChI=1S/C14H26N2O2/c1-11-4-7-14(18,8-5-11)10-16-13(17)6-9-15-12-2-3-12/h11-12,15,18H,2-10H2,1H3,(H,16,17). The summed E-state index contributed by atoms with van der Waals surface area (Å²) in [7, 11) is 0. The van der Waals surface area contributed by atoms with Crippen LogP contribution < -0.4 is 10.6 Å². The molecule has 2 aliphatic rings. The molecule has 2 rings (SSSR count). The Balaban J connectivity index is 1.58. The lowest BCUT2D eigenvalue weighted by Crippen LogP contribution is -2.45. The Morgan fingerprint density at radius 1 is 1.28 bits per heavy atom. The molecule has 1 amide bonds. The molecule has 0 saturated heterocycles. The van der Waals surface area contributed by atoms with Crippen LogP contribution in [-0.4, -0.2) is 35.7 Å². The summed E-state index contributed by atoms with van der Waals surface area (Å²) >= 11 is 0. The van der Waals surface area contributed by atoms with Crippen molar-refractivity contribution in [2.24, 2.45) is 5.92 Å². The summed E-state index contributed by atoms with van der Waals surface area (Å²) in [6.07, 6.45) is 6.77. The van der Waals surface area contributed by atoms with E-state index in [1.54, 1.807) is 0 Å². The lowest BCUT2D eigenvalue weighted by atomic mass is 9.79. The van der Waals surface area contributed by atoms with E-state index in [0.717, 1.165) is 32.2 Å². The molecule has 0 spiro atoms. The van der Waals surface area contributed by atoms with Gasteiger partial charge in [0.2, 0.25) is 5.91 Å². The molecule has 0 atom stereocenters. The Morgan fingerprint density at radius 3 is 2.56 bits per heavy atom. The first kappa shape index (κ1) is 13.8. The highest BCUT2D eigenvalue weighted by Crippen LogP contribution is 2.31. The molecular formula is C14H26N2O2. The number of aliphatic hydroxyl groups is 1. The molecule has 0 heterocycles. The van der Waals surface area contributed by atoms with Crippen molar-refractivity contribution >= 4 is 5.91 Å². The van der Waals surface area contributed by atoms with Crippen LogP contribution in [0, 0.1) is 5.92 Å². The normalized spacial score (nSPS) is 32.2. The van der Waals surface area contributed by atoms with E-state index in [4.69, 9.17) is 0 Å². The van der Waals surface area contributed by atoms with E-state index in [1.807, 2.05) is 0 Å². The zero-order valence-corrected chi connectivity index (χ0v) is 11.4. The number of carbonyl (C=O) groups excluding carboxylic acids is 1. The summed E-state index contributed by atoms with van der Waals surface area (Å²) in [5.74, 6) is 0.763. The second kappa shape index (κ2) is 6.02. The average molecular weight is 254 g/mol.